The Morgan fingerprint density at radius 2 is 1.35 bits per heavy atom. The predicted molar refractivity (Wildman–Crippen MR) is 88.2 cm³/mol. The third kappa shape index (κ3) is 10.8. The van der Waals surface area contributed by atoms with Crippen LogP contribution >= 0.6 is 0 Å². The first-order valence-electron chi connectivity index (χ1n) is 8.63. The molecule has 4 N–H and O–H groups in total. The van der Waals surface area contributed by atoms with Gasteiger partial charge >= 0.3 is 11.9 Å². The molecular weight excluding hydrogens is 298 g/mol. The maximum atomic E-state index is 12.0. The number of carboxylic acids is 2. The van der Waals surface area contributed by atoms with E-state index in [1.54, 1.807) is 0 Å². The van der Waals surface area contributed by atoms with Gasteiger partial charge < -0.3 is 15.9 Å². The molecule has 0 aliphatic heterocycles. The van der Waals surface area contributed by atoms with Crippen molar-refractivity contribution in [2.24, 2.45) is 11.7 Å². The number of ketones is 1. The molecule has 0 aromatic rings. The van der Waals surface area contributed by atoms with Crippen molar-refractivity contribution in [1.82, 2.24) is 0 Å². The molecule has 0 fully saturated rings. The van der Waals surface area contributed by atoms with E-state index in [0.717, 1.165) is 19.3 Å². The van der Waals surface area contributed by atoms with Gasteiger partial charge in [0, 0.05) is 6.42 Å². The van der Waals surface area contributed by atoms with Crippen molar-refractivity contribution in [2.45, 2.75) is 83.6 Å². The number of hydrogen-bond donors (Lipinski definition) is 3. The SMILES string of the molecule is CCCCCCCCCCCC(=O)C(CC(=O)O)[C@H](N)C(=O)O. The molecule has 0 bridgehead atoms. The zero-order valence-electron chi connectivity index (χ0n) is 14.1. The van der Waals surface area contributed by atoms with Gasteiger partial charge in [-0.1, -0.05) is 58.3 Å². The summed E-state index contributed by atoms with van der Waals surface area (Å²) in [5, 5.41) is 17.7. The lowest BCUT2D eigenvalue weighted by atomic mass is 9.89. The Balaban J connectivity index is 3.95. The Labute approximate surface area is 138 Å². The summed E-state index contributed by atoms with van der Waals surface area (Å²) in [5.41, 5.74) is 5.44. The lowest BCUT2D eigenvalue weighted by molar-refractivity contribution is -0.146. The van der Waals surface area contributed by atoms with Gasteiger partial charge in [0.1, 0.15) is 11.8 Å². The first kappa shape index (κ1) is 21.6. The molecule has 0 aromatic carbocycles. The fourth-order valence-corrected chi connectivity index (χ4v) is 2.60. The van der Waals surface area contributed by atoms with Crippen LogP contribution in [0.3, 0.4) is 0 Å². The van der Waals surface area contributed by atoms with Crippen LogP contribution in [-0.4, -0.2) is 34.0 Å². The molecule has 1 unspecified atom stereocenters. The summed E-state index contributed by atoms with van der Waals surface area (Å²) in [5.74, 6) is -4.03. The summed E-state index contributed by atoms with van der Waals surface area (Å²) in [6, 6.07) is -1.45. The minimum atomic E-state index is -1.45. The summed E-state index contributed by atoms with van der Waals surface area (Å²) < 4.78 is 0. The van der Waals surface area contributed by atoms with Gasteiger partial charge in [-0.3, -0.25) is 14.4 Å². The largest absolute Gasteiger partial charge is 0.481 e. The molecular formula is C17H31NO5. The fourth-order valence-electron chi connectivity index (χ4n) is 2.60. The normalized spacial score (nSPS) is 13.5. The summed E-state index contributed by atoms with van der Waals surface area (Å²) in [6.45, 7) is 2.19. The number of rotatable bonds is 15. The van der Waals surface area contributed by atoms with Crippen molar-refractivity contribution >= 4 is 17.7 Å². The molecule has 2 atom stereocenters. The number of carbonyl (C=O) groups is 3. The Morgan fingerprint density at radius 3 is 1.78 bits per heavy atom. The third-order valence-corrected chi connectivity index (χ3v) is 4.05. The second kappa shape index (κ2) is 13.0. The van der Waals surface area contributed by atoms with Crippen LogP contribution in [0.2, 0.25) is 0 Å². The second-order valence-corrected chi connectivity index (χ2v) is 6.11. The van der Waals surface area contributed by atoms with Crippen molar-refractivity contribution in [2.75, 3.05) is 0 Å². The highest BCUT2D eigenvalue weighted by Crippen LogP contribution is 2.16. The van der Waals surface area contributed by atoms with Crippen LogP contribution in [0.4, 0.5) is 0 Å². The average molecular weight is 329 g/mol. The molecule has 0 aliphatic carbocycles. The van der Waals surface area contributed by atoms with Crippen LogP contribution < -0.4 is 5.73 Å². The van der Waals surface area contributed by atoms with Crippen molar-refractivity contribution in [3.05, 3.63) is 0 Å². The second-order valence-electron chi connectivity index (χ2n) is 6.11. The highest BCUT2D eigenvalue weighted by Gasteiger charge is 2.31. The molecule has 0 rings (SSSR count). The summed E-state index contributed by atoms with van der Waals surface area (Å²) in [6.07, 6.45) is 9.69. The van der Waals surface area contributed by atoms with E-state index < -0.39 is 30.3 Å². The van der Waals surface area contributed by atoms with Gasteiger partial charge in [-0.15, -0.1) is 0 Å². The molecule has 0 spiro atoms. The molecule has 0 saturated carbocycles. The Morgan fingerprint density at radius 1 is 0.870 bits per heavy atom. The van der Waals surface area contributed by atoms with Gasteiger partial charge in [-0.2, -0.15) is 0 Å². The molecule has 0 heterocycles. The molecule has 0 amide bonds. The predicted octanol–water partition coefficient (Wildman–Crippen LogP) is 2.98. The number of unbranched alkanes of at least 4 members (excludes halogenated alkanes) is 8. The maximum absolute atomic E-state index is 12.0. The van der Waals surface area contributed by atoms with Crippen LogP contribution in [0.5, 0.6) is 0 Å². The number of carbonyl (C=O) groups excluding carboxylic acids is 1. The summed E-state index contributed by atoms with van der Waals surface area (Å²) in [7, 11) is 0. The number of aliphatic carboxylic acids is 2. The van der Waals surface area contributed by atoms with Crippen LogP contribution in [-0.2, 0) is 14.4 Å². The van der Waals surface area contributed by atoms with E-state index in [1.165, 1.54) is 32.1 Å². The third-order valence-electron chi connectivity index (χ3n) is 4.05. The van der Waals surface area contributed by atoms with Gasteiger partial charge in [0.05, 0.1) is 12.3 Å². The zero-order valence-corrected chi connectivity index (χ0v) is 14.1. The number of carboxylic acid groups (broad SMARTS) is 2. The van der Waals surface area contributed by atoms with Gasteiger partial charge in [0.15, 0.2) is 0 Å². The van der Waals surface area contributed by atoms with Crippen molar-refractivity contribution in [3.63, 3.8) is 0 Å². The van der Waals surface area contributed by atoms with E-state index in [2.05, 4.69) is 6.92 Å². The van der Waals surface area contributed by atoms with Crippen LogP contribution in [0.25, 0.3) is 0 Å². The van der Waals surface area contributed by atoms with E-state index in [9.17, 15) is 14.4 Å². The number of nitrogens with two attached hydrogens (primary N) is 1. The maximum Gasteiger partial charge on any atom is 0.321 e. The molecule has 0 saturated heterocycles. The van der Waals surface area contributed by atoms with Crippen molar-refractivity contribution in [3.8, 4) is 0 Å². The van der Waals surface area contributed by atoms with E-state index >= 15 is 0 Å². The lowest BCUT2D eigenvalue weighted by Gasteiger charge is -2.17. The number of Topliss-reactive ketones (excluding diaryl/α,β-unsaturated/α-hetero) is 1. The van der Waals surface area contributed by atoms with E-state index in [0.29, 0.717) is 6.42 Å². The molecule has 0 aromatic heterocycles. The monoisotopic (exact) mass is 329 g/mol. The Hall–Kier alpha value is -1.43. The van der Waals surface area contributed by atoms with Crippen LogP contribution in [0.15, 0.2) is 0 Å². The van der Waals surface area contributed by atoms with Gasteiger partial charge in [0.25, 0.3) is 0 Å². The van der Waals surface area contributed by atoms with Crippen molar-refractivity contribution < 1.29 is 24.6 Å². The number of hydrogen-bond acceptors (Lipinski definition) is 4. The fraction of sp³-hybridized carbons (Fsp3) is 0.824. The highest BCUT2D eigenvalue weighted by molar-refractivity contribution is 5.90. The average Bonchev–Trinajstić information content (AvgIpc) is 2.49. The van der Waals surface area contributed by atoms with E-state index in [4.69, 9.17) is 15.9 Å². The van der Waals surface area contributed by atoms with E-state index in [1.807, 2.05) is 0 Å². The molecule has 6 heteroatoms. The molecule has 23 heavy (non-hydrogen) atoms. The topological polar surface area (TPSA) is 118 Å². The Kier molecular flexibility index (Phi) is 12.2. The highest BCUT2D eigenvalue weighted by atomic mass is 16.4. The van der Waals surface area contributed by atoms with Gasteiger partial charge in [0.2, 0.25) is 0 Å². The quantitative estimate of drug-likeness (QED) is 0.397. The minimum Gasteiger partial charge on any atom is -0.481 e. The molecule has 6 nitrogen and oxygen atoms in total. The Bertz CT molecular complexity index is 370. The summed E-state index contributed by atoms with van der Waals surface area (Å²) >= 11 is 0. The summed E-state index contributed by atoms with van der Waals surface area (Å²) in [4.78, 5) is 33.7. The van der Waals surface area contributed by atoms with Crippen molar-refractivity contribution in [1.29, 1.82) is 0 Å². The van der Waals surface area contributed by atoms with E-state index in [-0.39, 0.29) is 12.2 Å². The van der Waals surface area contributed by atoms with Gasteiger partial charge in [-0.05, 0) is 6.42 Å². The van der Waals surface area contributed by atoms with Gasteiger partial charge in [-0.25, -0.2) is 0 Å². The van der Waals surface area contributed by atoms with Crippen LogP contribution in [0, 0.1) is 5.92 Å². The molecule has 0 radical (unpaired) electrons. The first-order chi connectivity index (χ1) is 10.9. The standard InChI is InChI=1S/C17H31NO5/c1-2-3-4-5-6-7-8-9-10-11-14(19)13(12-15(20)21)16(18)17(22)23/h13,16H,2-12,18H2,1H3,(H,20,21)(H,22,23)/t13?,16-/m0/s1. The molecule has 134 valence electrons. The minimum absolute atomic E-state index is 0.203. The first-order valence-corrected chi connectivity index (χ1v) is 8.63. The smallest absolute Gasteiger partial charge is 0.321 e. The lowest BCUT2D eigenvalue weighted by Crippen LogP contribution is -2.43. The zero-order chi connectivity index (χ0) is 17.7. The van der Waals surface area contributed by atoms with Crippen LogP contribution in [0.1, 0.15) is 77.6 Å². The molecule has 0 aliphatic rings.